The average Bonchev–Trinajstić information content (AvgIpc) is 2.45. The first-order valence-electron chi connectivity index (χ1n) is 8.78. The van der Waals surface area contributed by atoms with Crippen LogP contribution in [0.5, 0.6) is 0 Å². The zero-order chi connectivity index (χ0) is 17.7. The van der Waals surface area contributed by atoms with Gasteiger partial charge < -0.3 is 9.84 Å². The first kappa shape index (κ1) is 18.5. The molecule has 0 spiro atoms. The molecule has 24 heavy (non-hydrogen) atoms. The van der Waals surface area contributed by atoms with Crippen molar-refractivity contribution in [3.63, 3.8) is 0 Å². The fourth-order valence-corrected chi connectivity index (χ4v) is 3.53. The van der Waals surface area contributed by atoms with E-state index in [2.05, 4.69) is 0 Å². The van der Waals surface area contributed by atoms with Crippen LogP contribution in [0.15, 0.2) is 30.3 Å². The Balaban J connectivity index is 2.14. The van der Waals surface area contributed by atoms with Gasteiger partial charge in [0, 0.05) is 0 Å². The lowest BCUT2D eigenvalue weighted by Crippen LogP contribution is -2.31. The van der Waals surface area contributed by atoms with E-state index >= 15 is 0 Å². The van der Waals surface area contributed by atoms with Gasteiger partial charge in [0.2, 0.25) is 0 Å². The van der Waals surface area contributed by atoms with Gasteiger partial charge in [0.25, 0.3) is 0 Å². The number of ether oxygens (including phenoxy) is 1. The molecule has 1 fully saturated rings. The molecule has 1 saturated carbocycles. The van der Waals surface area contributed by atoms with Crippen molar-refractivity contribution in [3.05, 3.63) is 35.9 Å². The van der Waals surface area contributed by atoms with Crippen molar-refractivity contribution in [2.75, 3.05) is 0 Å². The Hall–Kier alpha value is -1.84. The van der Waals surface area contributed by atoms with E-state index in [1.165, 1.54) is 0 Å². The molecule has 1 aromatic rings. The summed E-state index contributed by atoms with van der Waals surface area (Å²) in [4.78, 5) is 24.1. The number of rotatable bonds is 3. The molecule has 0 aromatic heterocycles. The van der Waals surface area contributed by atoms with Crippen LogP contribution in [0.4, 0.5) is 0 Å². The molecule has 1 N–H and O–H groups in total. The standard InChI is InChI=1S/C20H28O4/c1-20(2,3)24-19(23)15-10-7-11-17(18(21)22)16(13-12-15)14-8-5-4-6-9-14/h4-6,8-9,15-17H,7,10-13H2,1-3H3,(H,21,22)/t15?,16-,17-/m0/s1. The Bertz CT molecular complexity index is 559. The molecule has 1 aliphatic carbocycles. The Labute approximate surface area is 144 Å². The van der Waals surface area contributed by atoms with Crippen molar-refractivity contribution in [2.24, 2.45) is 11.8 Å². The Morgan fingerprint density at radius 3 is 2.29 bits per heavy atom. The van der Waals surface area contributed by atoms with E-state index in [4.69, 9.17) is 4.74 Å². The van der Waals surface area contributed by atoms with Crippen molar-refractivity contribution in [1.29, 1.82) is 0 Å². The number of esters is 1. The maximum atomic E-state index is 12.4. The predicted molar refractivity (Wildman–Crippen MR) is 92.7 cm³/mol. The third-order valence-electron chi connectivity index (χ3n) is 4.66. The van der Waals surface area contributed by atoms with E-state index in [0.29, 0.717) is 25.7 Å². The molecule has 0 heterocycles. The van der Waals surface area contributed by atoms with Gasteiger partial charge in [-0.3, -0.25) is 9.59 Å². The minimum atomic E-state index is -0.737. The molecule has 2 rings (SSSR count). The maximum Gasteiger partial charge on any atom is 0.309 e. The molecule has 0 aliphatic heterocycles. The first-order chi connectivity index (χ1) is 11.3. The van der Waals surface area contributed by atoms with E-state index in [9.17, 15) is 14.7 Å². The molecule has 4 heteroatoms. The van der Waals surface area contributed by atoms with Crippen molar-refractivity contribution < 1.29 is 19.4 Å². The summed E-state index contributed by atoms with van der Waals surface area (Å²) in [5.74, 6) is -1.45. The third kappa shape index (κ3) is 5.08. The largest absolute Gasteiger partial charge is 0.481 e. The van der Waals surface area contributed by atoms with Gasteiger partial charge in [0.15, 0.2) is 0 Å². The normalized spacial score (nSPS) is 25.4. The summed E-state index contributed by atoms with van der Waals surface area (Å²) in [6.07, 6.45) is 3.43. The highest BCUT2D eigenvalue weighted by Gasteiger charge is 2.34. The number of carbonyl (C=O) groups excluding carboxylic acids is 1. The SMILES string of the molecule is CC(C)(C)OC(=O)C1CCC[C@H](C(=O)O)[C@H](c2ccccc2)CC1. The minimum Gasteiger partial charge on any atom is -0.481 e. The fraction of sp³-hybridized carbons (Fsp3) is 0.600. The van der Waals surface area contributed by atoms with Crippen LogP contribution in [-0.2, 0) is 14.3 Å². The maximum absolute atomic E-state index is 12.4. The summed E-state index contributed by atoms with van der Waals surface area (Å²) < 4.78 is 5.53. The van der Waals surface area contributed by atoms with E-state index in [1.54, 1.807) is 0 Å². The summed E-state index contributed by atoms with van der Waals surface area (Å²) in [6.45, 7) is 5.63. The van der Waals surface area contributed by atoms with E-state index in [0.717, 1.165) is 12.0 Å². The monoisotopic (exact) mass is 332 g/mol. The number of carbonyl (C=O) groups is 2. The molecule has 1 aliphatic rings. The van der Waals surface area contributed by atoms with Crippen LogP contribution in [0, 0.1) is 11.8 Å². The first-order valence-corrected chi connectivity index (χ1v) is 8.78. The smallest absolute Gasteiger partial charge is 0.309 e. The summed E-state index contributed by atoms with van der Waals surface area (Å²) in [7, 11) is 0. The topological polar surface area (TPSA) is 63.6 Å². The van der Waals surface area contributed by atoms with Gasteiger partial charge in [-0.2, -0.15) is 0 Å². The number of hydrogen-bond acceptors (Lipinski definition) is 3. The second kappa shape index (κ2) is 7.82. The summed E-state index contributed by atoms with van der Waals surface area (Å²) in [6, 6.07) is 9.80. The number of benzene rings is 1. The average molecular weight is 332 g/mol. The Morgan fingerprint density at radius 1 is 1.04 bits per heavy atom. The lowest BCUT2D eigenvalue weighted by atomic mass is 9.75. The van der Waals surface area contributed by atoms with Gasteiger partial charge in [-0.05, 0) is 57.9 Å². The van der Waals surface area contributed by atoms with Crippen molar-refractivity contribution in [2.45, 2.75) is 64.4 Å². The summed E-state index contributed by atoms with van der Waals surface area (Å²) in [5, 5.41) is 9.62. The molecule has 3 atom stereocenters. The van der Waals surface area contributed by atoms with E-state index in [1.807, 2.05) is 51.1 Å². The molecule has 0 amide bonds. The van der Waals surface area contributed by atoms with Crippen molar-refractivity contribution in [1.82, 2.24) is 0 Å². The highest BCUT2D eigenvalue weighted by Crippen LogP contribution is 2.38. The van der Waals surface area contributed by atoms with Gasteiger partial charge in [-0.15, -0.1) is 0 Å². The zero-order valence-electron chi connectivity index (χ0n) is 14.8. The third-order valence-corrected chi connectivity index (χ3v) is 4.66. The summed E-state index contributed by atoms with van der Waals surface area (Å²) in [5.41, 5.74) is 0.566. The van der Waals surface area contributed by atoms with Crippen LogP contribution < -0.4 is 0 Å². The number of carboxylic acid groups (broad SMARTS) is 1. The van der Waals surface area contributed by atoms with Gasteiger partial charge in [-0.25, -0.2) is 0 Å². The van der Waals surface area contributed by atoms with Gasteiger partial charge in [0.1, 0.15) is 5.60 Å². The van der Waals surface area contributed by atoms with Crippen LogP contribution in [0.2, 0.25) is 0 Å². The van der Waals surface area contributed by atoms with Crippen LogP contribution in [-0.4, -0.2) is 22.6 Å². The number of carboxylic acids is 1. The van der Waals surface area contributed by atoms with Crippen molar-refractivity contribution in [3.8, 4) is 0 Å². The van der Waals surface area contributed by atoms with Crippen LogP contribution >= 0.6 is 0 Å². The lowest BCUT2D eigenvalue weighted by Gasteiger charge is -2.30. The van der Waals surface area contributed by atoms with Crippen molar-refractivity contribution >= 4 is 11.9 Å². The van der Waals surface area contributed by atoms with Gasteiger partial charge >= 0.3 is 11.9 Å². The Morgan fingerprint density at radius 2 is 1.71 bits per heavy atom. The van der Waals surface area contributed by atoms with Crippen LogP contribution in [0.25, 0.3) is 0 Å². The van der Waals surface area contributed by atoms with Gasteiger partial charge in [0.05, 0.1) is 11.8 Å². The lowest BCUT2D eigenvalue weighted by molar-refractivity contribution is -0.160. The van der Waals surface area contributed by atoms with Gasteiger partial charge in [-0.1, -0.05) is 36.8 Å². The minimum absolute atomic E-state index is 0.0473. The number of hydrogen-bond donors (Lipinski definition) is 1. The molecular formula is C20H28O4. The molecule has 132 valence electrons. The molecule has 0 saturated heterocycles. The summed E-state index contributed by atoms with van der Waals surface area (Å²) >= 11 is 0. The van der Waals surface area contributed by atoms with E-state index < -0.39 is 11.6 Å². The molecule has 4 nitrogen and oxygen atoms in total. The number of aliphatic carboxylic acids is 1. The highest BCUT2D eigenvalue weighted by molar-refractivity contribution is 5.73. The quantitative estimate of drug-likeness (QED) is 0.834. The molecule has 1 unspecified atom stereocenters. The zero-order valence-corrected chi connectivity index (χ0v) is 14.8. The van der Waals surface area contributed by atoms with Crippen LogP contribution in [0.3, 0.4) is 0 Å². The molecular weight excluding hydrogens is 304 g/mol. The fourth-order valence-electron chi connectivity index (χ4n) is 3.53. The molecule has 1 aromatic carbocycles. The molecule has 0 bridgehead atoms. The highest BCUT2D eigenvalue weighted by atomic mass is 16.6. The second-order valence-corrected chi connectivity index (χ2v) is 7.70. The second-order valence-electron chi connectivity index (χ2n) is 7.70. The van der Waals surface area contributed by atoms with Crippen LogP contribution in [0.1, 0.15) is 64.4 Å². The predicted octanol–water partition coefficient (Wildman–Crippen LogP) is 4.39. The molecule has 0 radical (unpaired) electrons. The Kier molecular flexibility index (Phi) is 6.03. The van der Waals surface area contributed by atoms with E-state index in [-0.39, 0.29) is 23.7 Å².